The number of ether oxygens (including phenoxy) is 3. The highest BCUT2D eigenvalue weighted by molar-refractivity contribution is 5.98. The molecule has 0 aliphatic carbocycles. The lowest BCUT2D eigenvalue weighted by Gasteiger charge is -2.35. The lowest BCUT2D eigenvalue weighted by atomic mass is 9.99. The molecule has 0 aromatic heterocycles. The molecule has 0 unspecified atom stereocenters. The van der Waals surface area contributed by atoms with Gasteiger partial charge in [0.1, 0.15) is 12.4 Å². The molecule has 190 valence electrons. The van der Waals surface area contributed by atoms with E-state index in [4.69, 9.17) is 14.2 Å². The number of carbonyl (C=O) groups excluding carboxylic acids is 2. The Bertz CT molecular complexity index is 827. The van der Waals surface area contributed by atoms with Crippen molar-refractivity contribution in [3.63, 3.8) is 0 Å². The summed E-state index contributed by atoms with van der Waals surface area (Å²) in [5.74, 6) is 0.562. The number of methoxy groups -OCH3 is 1. The molecule has 0 saturated carbocycles. The van der Waals surface area contributed by atoms with Gasteiger partial charge in [-0.15, -0.1) is 0 Å². The SMILES string of the molecule is CCCN1C[C@H](C)[C@@H](OC)CN(C)C(=O)c2ccc(NC(=O)C3CCOCC3)cc2OC[C@H]1C. The van der Waals surface area contributed by atoms with Crippen LogP contribution in [0.5, 0.6) is 5.75 Å². The predicted octanol–water partition coefficient (Wildman–Crippen LogP) is 3.27. The fraction of sp³-hybridized carbons (Fsp3) is 0.692. The number of nitrogens with one attached hydrogen (secondary N) is 1. The first-order valence-electron chi connectivity index (χ1n) is 12.5. The number of nitrogens with zero attached hydrogens (tertiary/aromatic N) is 2. The Kier molecular flexibility index (Phi) is 9.74. The van der Waals surface area contributed by atoms with E-state index in [0.29, 0.717) is 43.4 Å². The van der Waals surface area contributed by atoms with Crippen molar-refractivity contribution in [2.24, 2.45) is 11.8 Å². The molecule has 0 radical (unpaired) electrons. The van der Waals surface area contributed by atoms with Crippen molar-refractivity contribution in [3.05, 3.63) is 23.8 Å². The quantitative estimate of drug-likeness (QED) is 0.704. The molecule has 2 heterocycles. The van der Waals surface area contributed by atoms with Crippen LogP contribution in [0, 0.1) is 11.8 Å². The van der Waals surface area contributed by atoms with E-state index in [1.807, 2.05) is 0 Å². The molecule has 1 saturated heterocycles. The summed E-state index contributed by atoms with van der Waals surface area (Å²) in [6.07, 6.45) is 2.43. The third-order valence-corrected chi connectivity index (χ3v) is 6.95. The lowest BCUT2D eigenvalue weighted by molar-refractivity contribution is -0.122. The summed E-state index contributed by atoms with van der Waals surface area (Å²) in [5, 5.41) is 3.01. The van der Waals surface area contributed by atoms with E-state index in [0.717, 1.165) is 32.4 Å². The standard InChI is InChI=1S/C26H41N3O5/c1-6-11-29-15-18(2)24(32-5)16-28(4)26(31)22-8-7-21(14-23(22)34-17-19(29)3)27-25(30)20-9-12-33-13-10-20/h7-8,14,18-20,24H,6,9-13,15-17H2,1-5H3,(H,27,30)/t18-,19+,24-/m0/s1. The van der Waals surface area contributed by atoms with Crippen LogP contribution in [0.25, 0.3) is 0 Å². The highest BCUT2D eigenvalue weighted by atomic mass is 16.5. The second kappa shape index (κ2) is 12.5. The topological polar surface area (TPSA) is 80.3 Å². The van der Waals surface area contributed by atoms with Gasteiger partial charge in [-0.3, -0.25) is 14.5 Å². The van der Waals surface area contributed by atoms with Crippen molar-refractivity contribution in [2.75, 3.05) is 58.9 Å². The Labute approximate surface area is 203 Å². The minimum Gasteiger partial charge on any atom is -0.491 e. The third kappa shape index (κ3) is 6.71. The van der Waals surface area contributed by atoms with Gasteiger partial charge in [-0.1, -0.05) is 13.8 Å². The number of rotatable bonds is 5. The first-order valence-corrected chi connectivity index (χ1v) is 12.5. The van der Waals surface area contributed by atoms with Gasteiger partial charge in [-0.2, -0.15) is 0 Å². The van der Waals surface area contributed by atoms with Gasteiger partial charge in [0.05, 0.1) is 11.7 Å². The van der Waals surface area contributed by atoms with Crippen LogP contribution >= 0.6 is 0 Å². The second-order valence-electron chi connectivity index (χ2n) is 9.68. The van der Waals surface area contributed by atoms with Gasteiger partial charge in [0.2, 0.25) is 5.91 Å². The molecule has 2 aliphatic rings. The van der Waals surface area contributed by atoms with Crippen molar-refractivity contribution in [1.29, 1.82) is 0 Å². The Morgan fingerprint density at radius 3 is 2.62 bits per heavy atom. The molecule has 34 heavy (non-hydrogen) atoms. The summed E-state index contributed by atoms with van der Waals surface area (Å²) in [6.45, 7) is 10.5. The molecule has 1 N–H and O–H groups in total. The first-order chi connectivity index (χ1) is 16.3. The number of anilines is 1. The van der Waals surface area contributed by atoms with Crippen LogP contribution < -0.4 is 10.1 Å². The average molecular weight is 476 g/mol. The molecule has 1 fully saturated rings. The van der Waals surface area contributed by atoms with Gasteiger partial charge < -0.3 is 24.4 Å². The summed E-state index contributed by atoms with van der Waals surface area (Å²) in [4.78, 5) is 30.2. The van der Waals surface area contributed by atoms with E-state index in [2.05, 4.69) is 31.0 Å². The molecular formula is C26H41N3O5. The second-order valence-corrected chi connectivity index (χ2v) is 9.68. The van der Waals surface area contributed by atoms with E-state index in [1.165, 1.54) is 0 Å². The summed E-state index contributed by atoms with van der Waals surface area (Å²) >= 11 is 0. The molecule has 3 rings (SSSR count). The van der Waals surface area contributed by atoms with Crippen LogP contribution in [0.15, 0.2) is 18.2 Å². The highest BCUT2D eigenvalue weighted by Gasteiger charge is 2.28. The van der Waals surface area contributed by atoms with Crippen LogP contribution in [-0.2, 0) is 14.3 Å². The normalized spacial score (nSPS) is 25.6. The molecule has 2 aliphatic heterocycles. The number of fused-ring (bicyclic) bond motifs is 1. The Morgan fingerprint density at radius 2 is 1.94 bits per heavy atom. The van der Waals surface area contributed by atoms with Crippen LogP contribution in [0.4, 0.5) is 5.69 Å². The number of hydrogen-bond donors (Lipinski definition) is 1. The van der Waals surface area contributed by atoms with Crippen molar-refractivity contribution >= 4 is 17.5 Å². The number of carbonyl (C=O) groups is 2. The zero-order valence-electron chi connectivity index (χ0n) is 21.3. The van der Waals surface area contributed by atoms with Crippen LogP contribution in [0.1, 0.15) is 50.4 Å². The van der Waals surface area contributed by atoms with Crippen LogP contribution in [0.3, 0.4) is 0 Å². The van der Waals surface area contributed by atoms with E-state index in [9.17, 15) is 9.59 Å². The summed E-state index contributed by atoms with van der Waals surface area (Å²) < 4.78 is 17.4. The maximum absolute atomic E-state index is 13.3. The molecule has 0 spiro atoms. The largest absolute Gasteiger partial charge is 0.491 e. The van der Waals surface area contributed by atoms with Crippen LogP contribution in [-0.4, -0.2) is 87.4 Å². The third-order valence-electron chi connectivity index (χ3n) is 6.95. The lowest BCUT2D eigenvalue weighted by Crippen LogP contribution is -2.46. The number of benzene rings is 1. The molecule has 8 nitrogen and oxygen atoms in total. The number of hydrogen-bond acceptors (Lipinski definition) is 6. The van der Waals surface area contributed by atoms with Gasteiger partial charge in [0, 0.05) is 64.2 Å². The van der Waals surface area contributed by atoms with E-state index in [1.54, 1.807) is 37.3 Å². The van der Waals surface area contributed by atoms with E-state index >= 15 is 0 Å². The fourth-order valence-corrected chi connectivity index (χ4v) is 4.73. The van der Waals surface area contributed by atoms with Crippen molar-refractivity contribution < 1.29 is 23.8 Å². The summed E-state index contributed by atoms with van der Waals surface area (Å²) in [6, 6.07) is 5.47. The van der Waals surface area contributed by atoms with E-state index < -0.39 is 0 Å². The van der Waals surface area contributed by atoms with Gasteiger partial charge in [0.15, 0.2) is 0 Å². The minimum atomic E-state index is -0.120. The minimum absolute atomic E-state index is 0.0146. The highest BCUT2D eigenvalue weighted by Crippen LogP contribution is 2.28. The summed E-state index contributed by atoms with van der Waals surface area (Å²) in [7, 11) is 3.51. The summed E-state index contributed by atoms with van der Waals surface area (Å²) in [5.41, 5.74) is 1.13. The van der Waals surface area contributed by atoms with E-state index in [-0.39, 0.29) is 35.8 Å². The Morgan fingerprint density at radius 1 is 1.21 bits per heavy atom. The first kappa shape index (κ1) is 26.4. The fourth-order valence-electron chi connectivity index (χ4n) is 4.73. The molecule has 1 aromatic carbocycles. The molecule has 0 bridgehead atoms. The number of likely N-dealkylation sites (N-methyl/N-ethyl adjacent to an activating group) is 1. The Hall–Kier alpha value is -2.16. The van der Waals surface area contributed by atoms with Crippen molar-refractivity contribution in [3.8, 4) is 5.75 Å². The monoisotopic (exact) mass is 475 g/mol. The molecule has 1 aromatic rings. The average Bonchev–Trinajstić information content (AvgIpc) is 2.84. The molecule has 8 heteroatoms. The molecular weight excluding hydrogens is 434 g/mol. The Balaban J connectivity index is 1.86. The molecule has 2 amide bonds. The maximum Gasteiger partial charge on any atom is 0.257 e. The molecule has 3 atom stereocenters. The predicted molar refractivity (Wildman–Crippen MR) is 132 cm³/mol. The van der Waals surface area contributed by atoms with Crippen molar-refractivity contribution in [2.45, 2.75) is 52.2 Å². The van der Waals surface area contributed by atoms with Gasteiger partial charge in [0.25, 0.3) is 5.91 Å². The smallest absolute Gasteiger partial charge is 0.257 e. The van der Waals surface area contributed by atoms with Crippen LogP contribution in [0.2, 0.25) is 0 Å². The maximum atomic E-state index is 13.3. The van der Waals surface area contributed by atoms with Gasteiger partial charge in [-0.25, -0.2) is 0 Å². The zero-order chi connectivity index (χ0) is 24.7. The van der Waals surface area contributed by atoms with Crippen molar-refractivity contribution in [1.82, 2.24) is 9.80 Å². The van der Waals surface area contributed by atoms with Gasteiger partial charge in [-0.05, 0) is 50.8 Å². The zero-order valence-corrected chi connectivity index (χ0v) is 21.3. The van der Waals surface area contributed by atoms with Gasteiger partial charge >= 0.3 is 0 Å². The number of amides is 2.